The van der Waals surface area contributed by atoms with Crippen LogP contribution in [0.5, 0.6) is 0 Å². The molecular formula is C12H12FIN2O. The molecule has 0 aliphatic heterocycles. The number of rotatable bonds is 3. The van der Waals surface area contributed by atoms with Crippen LogP contribution in [0, 0.1) is 20.7 Å². The van der Waals surface area contributed by atoms with Crippen molar-refractivity contribution in [2.45, 2.75) is 19.9 Å². The summed E-state index contributed by atoms with van der Waals surface area (Å²) in [6, 6.07) is 6.25. The van der Waals surface area contributed by atoms with Crippen LogP contribution in [0.25, 0.3) is 0 Å². The summed E-state index contributed by atoms with van der Waals surface area (Å²) in [7, 11) is 0. The van der Waals surface area contributed by atoms with E-state index in [1.807, 2.05) is 28.7 Å². The predicted molar refractivity (Wildman–Crippen MR) is 70.9 cm³/mol. The quantitative estimate of drug-likeness (QED) is 0.624. The van der Waals surface area contributed by atoms with Gasteiger partial charge in [-0.15, -0.1) is 0 Å². The largest absolute Gasteiger partial charge is 0.323 e. The Morgan fingerprint density at radius 3 is 2.71 bits per heavy atom. The first-order chi connectivity index (χ1) is 7.99. The number of carbonyl (C=O) groups is 1. The summed E-state index contributed by atoms with van der Waals surface area (Å²) in [4.78, 5) is 13.5. The first-order valence-corrected chi connectivity index (χ1v) is 6.18. The van der Waals surface area contributed by atoms with Crippen molar-refractivity contribution in [3.63, 3.8) is 0 Å². The van der Waals surface area contributed by atoms with Crippen LogP contribution in [0.4, 0.5) is 4.39 Å². The van der Waals surface area contributed by atoms with Gasteiger partial charge < -0.3 is 4.90 Å². The second-order valence-electron chi connectivity index (χ2n) is 3.78. The lowest BCUT2D eigenvalue weighted by Crippen LogP contribution is -2.38. The zero-order valence-electron chi connectivity index (χ0n) is 9.58. The van der Waals surface area contributed by atoms with Crippen molar-refractivity contribution in [3.8, 4) is 6.07 Å². The maximum atomic E-state index is 13.6. The number of benzene rings is 1. The molecule has 1 rings (SSSR count). The number of hydrogen-bond donors (Lipinski definition) is 0. The minimum Gasteiger partial charge on any atom is -0.323 e. The lowest BCUT2D eigenvalue weighted by molar-refractivity contribution is 0.0725. The molecule has 0 spiro atoms. The molecule has 0 fully saturated rings. The molecule has 1 aromatic rings. The van der Waals surface area contributed by atoms with Gasteiger partial charge in [0.1, 0.15) is 12.4 Å². The lowest BCUT2D eigenvalue weighted by Gasteiger charge is -2.24. The summed E-state index contributed by atoms with van der Waals surface area (Å²) in [5.74, 6) is -0.991. The summed E-state index contributed by atoms with van der Waals surface area (Å²) >= 11 is 1.92. The number of amides is 1. The van der Waals surface area contributed by atoms with E-state index in [9.17, 15) is 9.18 Å². The summed E-state index contributed by atoms with van der Waals surface area (Å²) in [5.41, 5.74) is 0.0389. The van der Waals surface area contributed by atoms with E-state index < -0.39 is 11.7 Å². The van der Waals surface area contributed by atoms with Crippen molar-refractivity contribution < 1.29 is 9.18 Å². The maximum absolute atomic E-state index is 13.6. The van der Waals surface area contributed by atoms with E-state index >= 15 is 0 Å². The predicted octanol–water partition coefficient (Wildman–Crippen LogP) is 2.80. The minimum absolute atomic E-state index is 0.0389. The Morgan fingerprint density at radius 1 is 1.59 bits per heavy atom. The van der Waals surface area contributed by atoms with Gasteiger partial charge in [0.25, 0.3) is 5.91 Å². The zero-order chi connectivity index (χ0) is 13.0. The summed E-state index contributed by atoms with van der Waals surface area (Å²) in [6.07, 6.45) is 0. The van der Waals surface area contributed by atoms with Gasteiger partial charge in [0.05, 0.1) is 11.6 Å². The first-order valence-electron chi connectivity index (χ1n) is 5.11. The fraction of sp³-hybridized carbons (Fsp3) is 0.333. The smallest absolute Gasteiger partial charge is 0.259 e. The van der Waals surface area contributed by atoms with Crippen LogP contribution in [0.15, 0.2) is 18.2 Å². The van der Waals surface area contributed by atoms with Gasteiger partial charge in [-0.2, -0.15) is 5.26 Å². The molecule has 0 aliphatic carbocycles. The molecule has 0 bridgehead atoms. The molecule has 0 aromatic heterocycles. The highest BCUT2D eigenvalue weighted by molar-refractivity contribution is 14.1. The number of hydrogen-bond acceptors (Lipinski definition) is 2. The van der Waals surface area contributed by atoms with Crippen molar-refractivity contribution in [1.29, 1.82) is 5.26 Å². The second kappa shape index (κ2) is 5.96. The highest BCUT2D eigenvalue weighted by Crippen LogP contribution is 2.19. The number of halogens is 2. The van der Waals surface area contributed by atoms with Crippen molar-refractivity contribution >= 4 is 28.5 Å². The highest BCUT2D eigenvalue weighted by Gasteiger charge is 2.23. The Labute approximate surface area is 113 Å². The molecule has 1 amide bonds. The van der Waals surface area contributed by atoms with Gasteiger partial charge in [0, 0.05) is 9.61 Å². The molecule has 0 unspecified atom stereocenters. The molecule has 0 aliphatic rings. The summed E-state index contributed by atoms with van der Waals surface area (Å²) in [5, 5.41) is 8.68. The van der Waals surface area contributed by atoms with Gasteiger partial charge in [0.2, 0.25) is 0 Å². The van der Waals surface area contributed by atoms with Crippen molar-refractivity contribution in [2.75, 3.05) is 6.54 Å². The van der Waals surface area contributed by atoms with E-state index in [2.05, 4.69) is 0 Å². The SMILES string of the molecule is CC(C)N(CC#N)C(=O)c1c(F)cccc1I. The van der Waals surface area contributed by atoms with E-state index in [4.69, 9.17) is 5.26 Å². The van der Waals surface area contributed by atoms with Crippen LogP contribution in [-0.2, 0) is 0 Å². The normalized spacial score (nSPS) is 10.1. The maximum Gasteiger partial charge on any atom is 0.259 e. The number of nitriles is 1. The third-order valence-corrected chi connectivity index (χ3v) is 3.20. The molecular weight excluding hydrogens is 334 g/mol. The van der Waals surface area contributed by atoms with E-state index in [0.717, 1.165) is 0 Å². The Bertz CT molecular complexity index is 448. The molecule has 5 heteroatoms. The van der Waals surface area contributed by atoms with Crippen LogP contribution in [-0.4, -0.2) is 23.4 Å². The zero-order valence-corrected chi connectivity index (χ0v) is 11.7. The fourth-order valence-corrected chi connectivity index (χ4v) is 2.11. The van der Waals surface area contributed by atoms with Gasteiger partial charge in [-0.25, -0.2) is 4.39 Å². The molecule has 0 atom stereocenters. The molecule has 0 N–H and O–H groups in total. The third-order valence-electron chi connectivity index (χ3n) is 2.30. The minimum atomic E-state index is -0.550. The van der Waals surface area contributed by atoms with Crippen LogP contribution in [0.1, 0.15) is 24.2 Å². The first kappa shape index (κ1) is 13.9. The summed E-state index contributed by atoms with van der Waals surface area (Å²) in [6.45, 7) is 3.55. The molecule has 90 valence electrons. The lowest BCUT2D eigenvalue weighted by atomic mass is 10.1. The second-order valence-corrected chi connectivity index (χ2v) is 4.94. The van der Waals surface area contributed by atoms with Crippen LogP contribution >= 0.6 is 22.6 Å². The number of carbonyl (C=O) groups excluding carboxylic acids is 1. The van der Waals surface area contributed by atoms with Gasteiger partial charge in [-0.1, -0.05) is 6.07 Å². The van der Waals surface area contributed by atoms with E-state index in [0.29, 0.717) is 3.57 Å². The van der Waals surface area contributed by atoms with Crippen LogP contribution < -0.4 is 0 Å². The Hall–Kier alpha value is -1.16. The monoisotopic (exact) mass is 346 g/mol. The Morgan fingerprint density at radius 2 is 2.24 bits per heavy atom. The number of nitrogens with zero attached hydrogens (tertiary/aromatic N) is 2. The molecule has 0 saturated heterocycles. The van der Waals surface area contributed by atoms with Crippen molar-refractivity contribution in [3.05, 3.63) is 33.1 Å². The molecule has 0 heterocycles. The topological polar surface area (TPSA) is 44.1 Å². The van der Waals surface area contributed by atoms with Crippen molar-refractivity contribution in [2.24, 2.45) is 0 Å². The van der Waals surface area contributed by atoms with Crippen LogP contribution in [0.2, 0.25) is 0 Å². The van der Waals surface area contributed by atoms with Crippen molar-refractivity contribution in [1.82, 2.24) is 4.90 Å². The summed E-state index contributed by atoms with van der Waals surface area (Å²) < 4.78 is 14.2. The molecule has 1 aromatic carbocycles. The van der Waals surface area contributed by atoms with Gasteiger partial charge in [0.15, 0.2) is 0 Å². The van der Waals surface area contributed by atoms with E-state index in [1.54, 1.807) is 26.0 Å². The Kier molecular flexibility index (Phi) is 4.87. The standard InChI is InChI=1S/C12H12FIN2O/c1-8(2)16(7-6-15)12(17)11-9(13)4-3-5-10(11)14/h3-5,8H,7H2,1-2H3. The molecule has 3 nitrogen and oxygen atoms in total. The fourth-order valence-electron chi connectivity index (χ4n) is 1.41. The molecule has 0 saturated carbocycles. The van der Waals surface area contributed by atoms with E-state index in [-0.39, 0.29) is 18.2 Å². The third kappa shape index (κ3) is 3.16. The average molecular weight is 346 g/mol. The average Bonchev–Trinajstić information content (AvgIpc) is 2.24. The van der Waals surface area contributed by atoms with E-state index in [1.165, 1.54) is 11.0 Å². The van der Waals surface area contributed by atoms with Gasteiger partial charge >= 0.3 is 0 Å². The Balaban J connectivity index is 3.15. The molecule has 0 radical (unpaired) electrons. The van der Waals surface area contributed by atoms with Crippen LogP contribution in [0.3, 0.4) is 0 Å². The highest BCUT2D eigenvalue weighted by atomic mass is 127. The van der Waals surface area contributed by atoms with Gasteiger partial charge in [-0.3, -0.25) is 4.79 Å². The molecule has 17 heavy (non-hydrogen) atoms. The van der Waals surface area contributed by atoms with Gasteiger partial charge in [-0.05, 0) is 48.6 Å².